The summed E-state index contributed by atoms with van der Waals surface area (Å²) >= 11 is 1.19. The second kappa shape index (κ2) is 6.70. The molecule has 0 aliphatic rings. The first kappa shape index (κ1) is 16.2. The van der Waals surface area contributed by atoms with Crippen LogP contribution in [0.1, 0.15) is 36.5 Å². The maximum absolute atomic E-state index is 12.2. The molecule has 0 saturated carbocycles. The lowest BCUT2D eigenvalue weighted by Gasteiger charge is -2.08. The number of nitrogens with two attached hydrogens (primary N) is 1. The van der Waals surface area contributed by atoms with Crippen molar-refractivity contribution in [3.05, 3.63) is 52.4 Å². The molecule has 0 unspecified atom stereocenters. The highest BCUT2D eigenvalue weighted by atomic mass is 32.2. The van der Waals surface area contributed by atoms with Gasteiger partial charge < -0.3 is 5.73 Å². The molecule has 4 nitrogen and oxygen atoms in total. The van der Waals surface area contributed by atoms with Crippen molar-refractivity contribution >= 4 is 21.4 Å². The maximum Gasteiger partial charge on any atom is 0.250 e. The van der Waals surface area contributed by atoms with E-state index >= 15 is 0 Å². The van der Waals surface area contributed by atoms with Gasteiger partial charge in [-0.3, -0.25) is 0 Å². The third-order valence-electron chi connectivity index (χ3n) is 3.24. The van der Waals surface area contributed by atoms with E-state index in [-0.39, 0.29) is 6.54 Å². The molecule has 1 aromatic carbocycles. The van der Waals surface area contributed by atoms with E-state index in [0.717, 1.165) is 11.1 Å². The highest BCUT2D eigenvalue weighted by Gasteiger charge is 2.16. The number of nitrogens with one attached hydrogen (secondary N) is 1. The molecule has 0 saturated heterocycles. The van der Waals surface area contributed by atoms with Crippen LogP contribution in [-0.4, -0.2) is 8.42 Å². The van der Waals surface area contributed by atoms with E-state index in [2.05, 4.69) is 18.6 Å². The summed E-state index contributed by atoms with van der Waals surface area (Å²) in [5, 5.41) is 1.77. The number of thiophene rings is 1. The molecule has 0 amide bonds. The van der Waals surface area contributed by atoms with E-state index in [1.165, 1.54) is 16.9 Å². The van der Waals surface area contributed by atoms with Gasteiger partial charge in [-0.1, -0.05) is 38.1 Å². The summed E-state index contributed by atoms with van der Waals surface area (Å²) < 4.78 is 27.3. The molecule has 1 heterocycles. The summed E-state index contributed by atoms with van der Waals surface area (Å²) in [5.41, 5.74) is 8.52. The first-order valence-corrected chi connectivity index (χ1v) is 9.14. The molecule has 0 spiro atoms. The molecule has 0 aliphatic carbocycles. The van der Waals surface area contributed by atoms with Crippen LogP contribution in [0.2, 0.25) is 0 Å². The van der Waals surface area contributed by atoms with Gasteiger partial charge in [-0.25, -0.2) is 13.1 Å². The molecule has 0 bridgehead atoms. The Hall–Kier alpha value is -1.21. The quantitative estimate of drug-likeness (QED) is 0.858. The molecule has 6 heteroatoms. The van der Waals surface area contributed by atoms with Crippen LogP contribution in [0.5, 0.6) is 0 Å². The van der Waals surface area contributed by atoms with Crippen LogP contribution in [0.15, 0.2) is 39.9 Å². The Balaban J connectivity index is 2.04. The fourth-order valence-corrected chi connectivity index (χ4v) is 4.16. The predicted molar refractivity (Wildman–Crippen MR) is 86.8 cm³/mol. The van der Waals surface area contributed by atoms with Crippen LogP contribution in [0.25, 0.3) is 0 Å². The summed E-state index contributed by atoms with van der Waals surface area (Å²) in [6.07, 6.45) is 0. The second-order valence-electron chi connectivity index (χ2n) is 5.20. The number of hydrogen-bond acceptors (Lipinski definition) is 4. The molecule has 114 valence electrons. The zero-order valence-corrected chi connectivity index (χ0v) is 13.8. The lowest BCUT2D eigenvalue weighted by molar-refractivity contribution is 0.583. The Morgan fingerprint density at radius 3 is 2.38 bits per heavy atom. The highest BCUT2D eigenvalue weighted by Crippen LogP contribution is 2.20. The standard InChI is InChI=1S/C15H20N2O2S2/c1-11(2)14-5-3-12(4-6-14)9-17-21(18,19)15-7-13(8-16)10-20-15/h3-7,10-11,17H,8-9,16H2,1-2H3. The van der Waals surface area contributed by atoms with E-state index in [4.69, 9.17) is 5.73 Å². The smallest absolute Gasteiger partial charge is 0.250 e. The van der Waals surface area contributed by atoms with Crippen molar-refractivity contribution in [2.24, 2.45) is 5.73 Å². The van der Waals surface area contributed by atoms with E-state index in [0.29, 0.717) is 16.7 Å². The van der Waals surface area contributed by atoms with Crippen LogP contribution in [0.4, 0.5) is 0 Å². The zero-order valence-electron chi connectivity index (χ0n) is 12.2. The van der Waals surface area contributed by atoms with Crippen molar-refractivity contribution in [3.63, 3.8) is 0 Å². The summed E-state index contributed by atoms with van der Waals surface area (Å²) in [5.74, 6) is 0.469. The van der Waals surface area contributed by atoms with Crippen LogP contribution >= 0.6 is 11.3 Å². The van der Waals surface area contributed by atoms with Crippen molar-refractivity contribution in [1.29, 1.82) is 0 Å². The first-order valence-electron chi connectivity index (χ1n) is 6.78. The fourth-order valence-electron chi connectivity index (χ4n) is 1.87. The average Bonchev–Trinajstić information content (AvgIpc) is 2.95. The molecular weight excluding hydrogens is 304 g/mol. The van der Waals surface area contributed by atoms with E-state index in [9.17, 15) is 8.42 Å². The lowest BCUT2D eigenvalue weighted by atomic mass is 10.0. The molecule has 0 atom stereocenters. The number of benzene rings is 1. The van der Waals surface area contributed by atoms with Gasteiger partial charge in [-0.05, 0) is 34.1 Å². The van der Waals surface area contributed by atoms with Crippen molar-refractivity contribution < 1.29 is 8.42 Å². The molecular formula is C15H20N2O2S2. The van der Waals surface area contributed by atoms with Crippen LogP contribution < -0.4 is 10.5 Å². The third kappa shape index (κ3) is 4.14. The second-order valence-corrected chi connectivity index (χ2v) is 8.10. The Bertz CT molecular complexity index is 689. The minimum absolute atomic E-state index is 0.288. The molecule has 3 N–H and O–H groups in total. The van der Waals surface area contributed by atoms with E-state index in [1.54, 1.807) is 11.4 Å². The number of sulfonamides is 1. The van der Waals surface area contributed by atoms with Gasteiger partial charge in [0.25, 0.3) is 0 Å². The van der Waals surface area contributed by atoms with Gasteiger partial charge in [0.05, 0.1) is 0 Å². The van der Waals surface area contributed by atoms with Gasteiger partial charge in [-0.2, -0.15) is 0 Å². The van der Waals surface area contributed by atoms with E-state index in [1.807, 2.05) is 24.3 Å². The molecule has 0 radical (unpaired) electrons. The lowest BCUT2D eigenvalue weighted by Crippen LogP contribution is -2.22. The summed E-state index contributed by atoms with van der Waals surface area (Å²) in [4.78, 5) is 0. The van der Waals surface area contributed by atoms with Crippen molar-refractivity contribution in [1.82, 2.24) is 4.72 Å². The predicted octanol–water partition coefficient (Wildman–Crippen LogP) is 2.81. The Morgan fingerprint density at radius 1 is 1.19 bits per heavy atom. The summed E-state index contributed by atoms with van der Waals surface area (Å²) in [6, 6.07) is 9.60. The van der Waals surface area contributed by atoms with Crippen molar-refractivity contribution in [2.75, 3.05) is 0 Å². The van der Waals surface area contributed by atoms with Crippen molar-refractivity contribution in [3.8, 4) is 0 Å². The first-order chi connectivity index (χ1) is 9.92. The normalized spacial score (nSPS) is 12.0. The molecule has 21 heavy (non-hydrogen) atoms. The third-order valence-corrected chi connectivity index (χ3v) is 6.13. The topological polar surface area (TPSA) is 72.2 Å². The van der Waals surface area contributed by atoms with Crippen LogP contribution in [-0.2, 0) is 23.1 Å². The number of hydrogen-bond donors (Lipinski definition) is 2. The Morgan fingerprint density at radius 2 is 1.86 bits per heavy atom. The van der Waals surface area contributed by atoms with Gasteiger partial charge in [0.15, 0.2) is 0 Å². The molecule has 0 fully saturated rings. The summed E-state index contributed by atoms with van der Waals surface area (Å²) in [6.45, 7) is 4.90. The largest absolute Gasteiger partial charge is 0.326 e. The fraction of sp³-hybridized carbons (Fsp3) is 0.333. The van der Waals surface area contributed by atoms with Gasteiger partial charge >= 0.3 is 0 Å². The van der Waals surface area contributed by atoms with Crippen molar-refractivity contribution in [2.45, 2.75) is 37.1 Å². The van der Waals surface area contributed by atoms with Gasteiger partial charge in [0.1, 0.15) is 4.21 Å². The average molecular weight is 324 g/mol. The Labute approximate surface area is 130 Å². The van der Waals surface area contributed by atoms with Gasteiger partial charge in [-0.15, -0.1) is 11.3 Å². The van der Waals surface area contributed by atoms with E-state index < -0.39 is 10.0 Å². The number of rotatable bonds is 6. The van der Waals surface area contributed by atoms with Crippen LogP contribution in [0, 0.1) is 0 Å². The molecule has 1 aromatic heterocycles. The molecule has 2 rings (SSSR count). The van der Waals surface area contributed by atoms with Gasteiger partial charge in [0, 0.05) is 13.1 Å². The minimum Gasteiger partial charge on any atom is -0.326 e. The van der Waals surface area contributed by atoms with Gasteiger partial charge in [0.2, 0.25) is 10.0 Å². The summed E-state index contributed by atoms with van der Waals surface area (Å²) in [7, 11) is -3.46. The molecule has 0 aliphatic heterocycles. The minimum atomic E-state index is -3.46. The molecule has 2 aromatic rings. The monoisotopic (exact) mass is 324 g/mol. The maximum atomic E-state index is 12.2. The highest BCUT2D eigenvalue weighted by molar-refractivity contribution is 7.91. The zero-order chi connectivity index (χ0) is 15.5. The van der Waals surface area contributed by atoms with Crippen LogP contribution in [0.3, 0.4) is 0 Å². The SMILES string of the molecule is CC(C)c1ccc(CNS(=O)(=O)c2cc(CN)cs2)cc1. The Kier molecular flexibility index (Phi) is 5.16.